The maximum atomic E-state index is 9.33. The van der Waals surface area contributed by atoms with Crippen molar-refractivity contribution >= 4 is 27.3 Å². The third-order valence-corrected chi connectivity index (χ3v) is 4.33. The second-order valence-electron chi connectivity index (χ2n) is 3.82. The zero-order chi connectivity index (χ0) is 12.2. The number of aliphatic hydroxyl groups excluding tert-OH is 2. The second-order valence-corrected chi connectivity index (χ2v) is 6.26. The van der Waals surface area contributed by atoms with Crippen LogP contribution < -0.4 is 5.32 Å². The largest absolute Gasteiger partial charge is 0.394 e. The maximum absolute atomic E-state index is 9.33. The van der Waals surface area contributed by atoms with Gasteiger partial charge in [-0.2, -0.15) is 0 Å². The van der Waals surface area contributed by atoms with Gasteiger partial charge < -0.3 is 10.2 Å². The van der Waals surface area contributed by atoms with Crippen LogP contribution in [-0.4, -0.2) is 33.9 Å². The van der Waals surface area contributed by atoms with E-state index in [1.54, 1.807) is 17.5 Å². The lowest BCUT2D eigenvalue weighted by Crippen LogP contribution is -2.52. The van der Waals surface area contributed by atoms with Crippen molar-refractivity contribution in [1.29, 1.82) is 0 Å². The highest BCUT2D eigenvalue weighted by Crippen LogP contribution is 2.26. The van der Waals surface area contributed by atoms with Gasteiger partial charge in [0.2, 0.25) is 0 Å². The topological polar surface area (TPSA) is 65.4 Å². The van der Waals surface area contributed by atoms with E-state index in [4.69, 9.17) is 0 Å². The van der Waals surface area contributed by atoms with Gasteiger partial charge in [-0.1, -0.05) is 6.92 Å². The van der Waals surface area contributed by atoms with Gasteiger partial charge in [0.05, 0.1) is 34.8 Å². The lowest BCUT2D eigenvalue weighted by Gasteiger charge is -2.32. The quantitative estimate of drug-likeness (QED) is 0.748. The third kappa shape index (κ3) is 3.24. The Labute approximate surface area is 108 Å². The summed E-state index contributed by atoms with van der Waals surface area (Å²) >= 11 is 4.91. The van der Waals surface area contributed by atoms with Crippen LogP contribution in [0, 0.1) is 0 Å². The second kappa shape index (κ2) is 6.07. The van der Waals surface area contributed by atoms with Crippen molar-refractivity contribution in [1.82, 2.24) is 10.3 Å². The first-order chi connectivity index (χ1) is 7.56. The molecular weight excluding hydrogens is 292 g/mol. The van der Waals surface area contributed by atoms with E-state index in [-0.39, 0.29) is 19.3 Å². The highest BCUT2D eigenvalue weighted by atomic mass is 79.9. The summed E-state index contributed by atoms with van der Waals surface area (Å²) in [4.78, 5) is 4.25. The molecule has 0 fully saturated rings. The molecule has 0 aliphatic rings. The molecule has 0 aliphatic heterocycles. The Morgan fingerprint density at radius 3 is 2.56 bits per heavy atom. The van der Waals surface area contributed by atoms with E-state index in [1.807, 2.05) is 13.8 Å². The van der Waals surface area contributed by atoms with Gasteiger partial charge in [-0.05, 0) is 29.3 Å². The molecule has 1 aromatic heterocycles. The van der Waals surface area contributed by atoms with Gasteiger partial charge in [-0.15, -0.1) is 11.3 Å². The van der Waals surface area contributed by atoms with E-state index >= 15 is 0 Å². The molecule has 0 amide bonds. The smallest absolute Gasteiger partial charge is 0.110 e. The van der Waals surface area contributed by atoms with E-state index < -0.39 is 5.54 Å². The van der Waals surface area contributed by atoms with Gasteiger partial charge in [0.1, 0.15) is 5.01 Å². The fourth-order valence-electron chi connectivity index (χ4n) is 1.46. The van der Waals surface area contributed by atoms with Gasteiger partial charge >= 0.3 is 0 Å². The molecule has 4 nitrogen and oxygen atoms in total. The van der Waals surface area contributed by atoms with Crippen LogP contribution in [0.2, 0.25) is 0 Å². The highest BCUT2D eigenvalue weighted by molar-refractivity contribution is 9.11. The molecule has 1 aromatic rings. The number of halogens is 1. The standard InChI is InChI=1S/C10H17BrN2O2S/c1-3-10(5-14,6-15)13-7(2)9-12-4-8(11)16-9/h4,7,13-15H,3,5-6H2,1-2H3. The SMILES string of the molecule is CCC(CO)(CO)NC(C)c1ncc(Br)s1. The summed E-state index contributed by atoms with van der Waals surface area (Å²) in [5.74, 6) is 0. The van der Waals surface area contributed by atoms with Gasteiger partial charge in [-0.25, -0.2) is 4.98 Å². The molecule has 1 heterocycles. The number of nitrogens with one attached hydrogen (secondary N) is 1. The third-order valence-electron chi connectivity index (χ3n) is 2.67. The Morgan fingerprint density at radius 2 is 2.19 bits per heavy atom. The number of aromatic nitrogens is 1. The molecule has 0 spiro atoms. The predicted molar refractivity (Wildman–Crippen MR) is 68.6 cm³/mol. The highest BCUT2D eigenvalue weighted by Gasteiger charge is 2.29. The molecule has 1 unspecified atom stereocenters. The van der Waals surface area contributed by atoms with Crippen LogP contribution in [0.3, 0.4) is 0 Å². The van der Waals surface area contributed by atoms with E-state index in [0.717, 1.165) is 8.79 Å². The van der Waals surface area contributed by atoms with E-state index in [1.165, 1.54) is 0 Å². The molecule has 0 radical (unpaired) electrons. The Bertz CT molecular complexity index is 320. The minimum absolute atomic E-state index is 0.00977. The molecular formula is C10H17BrN2O2S. The number of nitrogens with zero attached hydrogens (tertiary/aromatic N) is 1. The molecule has 6 heteroatoms. The van der Waals surface area contributed by atoms with Crippen LogP contribution in [0.4, 0.5) is 0 Å². The molecule has 0 bridgehead atoms. The number of aliphatic hydroxyl groups is 2. The molecule has 16 heavy (non-hydrogen) atoms. The Hall–Kier alpha value is -0.0100. The normalized spacial score (nSPS) is 14.1. The summed E-state index contributed by atoms with van der Waals surface area (Å²) in [5.41, 5.74) is -0.627. The van der Waals surface area contributed by atoms with E-state index in [0.29, 0.717) is 6.42 Å². The first-order valence-electron chi connectivity index (χ1n) is 5.17. The summed E-state index contributed by atoms with van der Waals surface area (Å²) in [7, 11) is 0. The Balaban J connectivity index is 2.72. The van der Waals surface area contributed by atoms with Crippen LogP contribution >= 0.6 is 27.3 Å². The van der Waals surface area contributed by atoms with Crippen molar-refractivity contribution < 1.29 is 10.2 Å². The average molecular weight is 309 g/mol. The summed E-state index contributed by atoms with van der Waals surface area (Å²) in [5, 5.41) is 22.8. The van der Waals surface area contributed by atoms with Crippen LogP contribution in [0.5, 0.6) is 0 Å². The van der Waals surface area contributed by atoms with Crippen LogP contribution in [-0.2, 0) is 0 Å². The van der Waals surface area contributed by atoms with E-state index in [2.05, 4.69) is 26.2 Å². The Morgan fingerprint density at radius 1 is 1.56 bits per heavy atom. The van der Waals surface area contributed by atoms with Crippen molar-refractivity contribution in [2.24, 2.45) is 0 Å². The van der Waals surface area contributed by atoms with Crippen molar-refractivity contribution in [3.8, 4) is 0 Å². The first-order valence-corrected chi connectivity index (χ1v) is 6.78. The lowest BCUT2D eigenvalue weighted by atomic mass is 9.97. The van der Waals surface area contributed by atoms with Crippen LogP contribution in [0.15, 0.2) is 9.98 Å². The zero-order valence-corrected chi connectivity index (χ0v) is 11.8. The maximum Gasteiger partial charge on any atom is 0.110 e. The zero-order valence-electron chi connectivity index (χ0n) is 9.40. The molecule has 0 aliphatic carbocycles. The predicted octanol–water partition coefficient (Wildman–Crippen LogP) is 1.69. The van der Waals surface area contributed by atoms with E-state index in [9.17, 15) is 10.2 Å². The average Bonchev–Trinajstić information content (AvgIpc) is 2.73. The first kappa shape index (κ1) is 14.1. The summed E-state index contributed by atoms with van der Waals surface area (Å²) in [6.07, 6.45) is 2.42. The fourth-order valence-corrected chi connectivity index (χ4v) is 2.70. The van der Waals surface area contributed by atoms with Crippen molar-refractivity contribution in [2.75, 3.05) is 13.2 Å². The molecule has 3 N–H and O–H groups in total. The van der Waals surface area contributed by atoms with Gasteiger partial charge in [0, 0.05) is 0 Å². The molecule has 92 valence electrons. The summed E-state index contributed by atoms with van der Waals surface area (Å²) < 4.78 is 0.978. The number of hydrogen-bond acceptors (Lipinski definition) is 5. The lowest BCUT2D eigenvalue weighted by molar-refractivity contribution is 0.0792. The summed E-state index contributed by atoms with van der Waals surface area (Å²) in [6, 6.07) is 0.00977. The minimum atomic E-state index is -0.627. The summed E-state index contributed by atoms with van der Waals surface area (Å²) in [6.45, 7) is 3.73. The van der Waals surface area contributed by atoms with Crippen molar-refractivity contribution in [3.63, 3.8) is 0 Å². The van der Waals surface area contributed by atoms with Crippen molar-refractivity contribution in [3.05, 3.63) is 15.0 Å². The van der Waals surface area contributed by atoms with Crippen LogP contribution in [0.1, 0.15) is 31.3 Å². The van der Waals surface area contributed by atoms with Crippen molar-refractivity contribution in [2.45, 2.75) is 31.8 Å². The Kier molecular flexibility index (Phi) is 5.33. The minimum Gasteiger partial charge on any atom is -0.394 e. The number of rotatable bonds is 6. The van der Waals surface area contributed by atoms with Gasteiger partial charge in [0.25, 0.3) is 0 Å². The molecule has 0 saturated heterocycles. The molecule has 1 atom stereocenters. The molecule has 0 saturated carbocycles. The molecule has 1 rings (SSSR count). The van der Waals surface area contributed by atoms with Crippen LogP contribution in [0.25, 0.3) is 0 Å². The number of thiazole rings is 1. The van der Waals surface area contributed by atoms with Gasteiger partial charge in [0.15, 0.2) is 0 Å². The fraction of sp³-hybridized carbons (Fsp3) is 0.700. The number of hydrogen-bond donors (Lipinski definition) is 3. The molecule has 0 aromatic carbocycles. The monoisotopic (exact) mass is 308 g/mol. The van der Waals surface area contributed by atoms with Gasteiger partial charge in [-0.3, -0.25) is 5.32 Å².